The molecule has 0 spiro atoms. The molecule has 1 heterocycles. The molecule has 0 aliphatic carbocycles. The van der Waals surface area contributed by atoms with Gasteiger partial charge < -0.3 is 20.5 Å². The molecule has 1 aliphatic heterocycles. The maximum atomic E-state index is 14.5. The molecule has 32 heavy (non-hydrogen) atoms. The Kier molecular flexibility index (Phi) is 8.27. The maximum Gasteiger partial charge on any atom is 0.277 e. The molecule has 2 aromatic rings. The highest BCUT2D eigenvalue weighted by Gasteiger charge is 2.31. The van der Waals surface area contributed by atoms with Crippen LogP contribution in [0.4, 0.5) is 28.9 Å². The second kappa shape index (κ2) is 10.7. The molecule has 0 aromatic heterocycles. The van der Waals surface area contributed by atoms with Gasteiger partial charge in [0.1, 0.15) is 11.9 Å². The summed E-state index contributed by atoms with van der Waals surface area (Å²) in [4.78, 5) is 17.9. The van der Waals surface area contributed by atoms with Gasteiger partial charge in [-0.25, -0.2) is 23.0 Å². The number of hydroxylamine groups is 1. The van der Waals surface area contributed by atoms with E-state index >= 15 is 0 Å². The third-order valence-electron chi connectivity index (χ3n) is 4.71. The normalized spacial score (nSPS) is 18.2. The first-order valence-corrected chi connectivity index (χ1v) is 10.6. The number of aliphatic hydroxyl groups excluding tert-OH is 1. The molecule has 174 valence electrons. The number of morpholine rings is 1. The van der Waals surface area contributed by atoms with Crippen LogP contribution in [0.1, 0.15) is 17.3 Å². The molecule has 0 bridgehead atoms. The van der Waals surface area contributed by atoms with Crippen molar-refractivity contribution in [2.45, 2.75) is 25.2 Å². The summed E-state index contributed by atoms with van der Waals surface area (Å²) in [6.45, 7) is 2.59. The molecule has 7 nitrogen and oxygen atoms in total. The Labute approximate surface area is 194 Å². The van der Waals surface area contributed by atoms with Crippen LogP contribution in [0.25, 0.3) is 0 Å². The minimum absolute atomic E-state index is 0.199. The number of carbonyl (C=O) groups is 1. The van der Waals surface area contributed by atoms with E-state index < -0.39 is 58.7 Å². The van der Waals surface area contributed by atoms with Gasteiger partial charge in [-0.15, -0.1) is 0 Å². The van der Waals surface area contributed by atoms with E-state index in [0.29, 0.717) is 22.8 Å². The zero-order chi connectivity index (χ0) is 23.4. The molecule has 1 fully saturated rings. The third-order valence-corrected chi connectivity index (χ3v) is 5.38. The minimum Gasteiger partial charge on any atom is -0.391 e. The molecule has 12 heteroatoms. The van der Waals surface area contributed by atoms with E-state index in [1.54, 1.807) is 0 Å². The van der Waals surface area contributed by atoms with Crippen molar-refractivity contribution in [3.63, 3.8) is 0 Å². The predicted octanol–water partition coefficient (Wildman–Crippen LogP) is 2.99. The first kappa shape index (κ1) is 24.6. The number of hydrogen-bond donors (Lipinski definition) is 4. The van der Waals surface area contributed by atoms with Gasteiger partial charge in [-0.2, -0.15) is 0 Å². The van der Waals surface area contributed by atoms with Gasteiger partial charge in [0.2, 0.25) is 0 Å². The van der Waals surface area contributed by atoms with Crippen LogP contribution < -0.4 is 16.1 Å². The highest BCUT2D eigenvalue weighted by atomic mass is 127. The van der Waals surface area contributed by atoms with Crippen LogP contribution in [0.5, 0.6) is 0 Å². The van der Waals surface area contributed by atoms with Gasteiger partial charge in [0.05, 0.1) is 42.3 Å². The van der Waals surface area contributed by atoms with Gasteiger partial charge in [-0.05, 0) is 53.8 Å². The van der Waals surface area contributed by atoms with Crippen LogP contribution in [0.2, 0.25) is 0 Å². The van der Waals surface area contributed by atoms with Gasteiger partial charge in [-0.1, -0.05) is 0 Å². The summed E-state index contributed by atoms with van der Waals surface area (Å²) >= 11 is 1.86. The predicted molar refractivity (Wildman–Crippen MR) is 115 cm³/mol. The number of amides is 1. The van der Waals surface area contributed by atoms with Crippen molar-refractivity contribution in [3.05, 3.63) is 56.7 Å². The number of halogens is 5. The fourth-order valence-corrected chi connectivity index (χ4v) is 3.57. The number of benzene rings is 2. The van der Waals surface area contributed by atoms with Crippen molar-refractivity contribution in [1.29, 1.82) is 0 Å². The summed E-state index contributed by atoms with van der Waals surface area (Å²) < 4.78 is 62.3. The van der Waals surface area contributed by atoms with E-state index in [4.69, 9.17) is 9.57 Å². The Morgan fingerprint density at radius 2 is 2.00 bits per heavy atom. The lowest BCUT2D eigenvalue weighted by Gasteiger charge is -2.32. The second-order valence-corrected chi connectivity index (χ2v) is 8.29. The molecular formula is C20H20F4IN3O4. The van der Waals surface area contributed by atoms with Crippen LogP contribution in [-0.2, 0) is 9.57 Å². The smallest absolute Gasteiger partial charge is 0.277 e. The average molecular weight is 569 g/mol. The zero-order valence-corrected chi connectivity index (χ0v) is 18.9. The standard InChI is InChI=1S/C20H20F4IN3O4/c1-9(29)19(15-8-31-5-4-26-15)32-28-20(30)11-7-13(22)16(23)17(24)18(11)27-14-3-2-10(25)6-12(14)21/h2-3,6-7,9,15,19,26-27,29H,4-5,8H2,1H3,(H,28,30). The van der Waals surface area contributed by atoms with Gasteiger partial charge in [0.25, 0.3) is 5.91 Å². The van der Waals surface area contributed by atoms with Crippen molar-refractivity contribution in [3.8, 4) is 0 Å². The van der Waals surface area contributed by atoms with Gasteiger partial charge in [0, 0.05) is 10.1 Å². The summed E-state index contributed by atoms with van der Waals surface area (Å²) in [5, 5.41) is 15.3. The second-order valence-electron chi connectivity index (χ2n) is 7.05. The van der Waals surface area contributed by atoms with E-state index in [1.807, 2.05) is 28.1 Å². The van der Waals surface area contributed by atoms with Gasteiger partial charge >= 0.3 is 0 Å². The molecule has 4 N–H and O–H groups in total. The topological polar surface area (TPSA) is 91.9 Å². The summed E-state index contributed by atoms with van der Waals surface area (Å²) in [5.41, 5.74) is 0.313. The Morgan fingerprint density at radius 1 is 1.25 bits per heavy atom. The summed E-state index contributed by atoms with van der Waals surface area (Å²) in [5.74, 6) is -7.08. The van der Waals surface area contributed by atoms with Crippen LogP contribution in [0, 0.1) is 26.8 Å². The number of hydrogen-bond acceptors (Lipinski definition) is 6. The molecule has 2 aromatic carbocycles. The van der Waals surface area contributed by atoms with Crippen LogP contribution >= 0.6 is 22.6 Å². The van der Waals surface area contributed by atoms with Gasteiger partial charge in [-0.3, -0.25) is 9.63 Å². The first-order valence-electron chi connectivity index (χ1n) is 9.53. The van der Waals surface area contributed by atoms with E-state index in [1.165, 1.54) is 19.1 Å². The third kappa shape index (κ3) is 5.67. The molecule has 3 rings (SSSR count). The highest BCUT2D eigenvalue weighted by Crippen LogP contribution is 2.30. The maximum absolute atomic E-state index is 14.5. The summed E-state index contributed by atoms with van der Waals surface area (Å²) in [7, 11) is 0. The number of rotatable bonds is 7. The highest BCUT2D eigenvalue weighted by molar-refractivity contribution is 14.1. The SMILES string of the molecule is CC(O)C(ONC(=O)c1cc(F)c(F)c(F)c1Nc1ccc(I)cc1F)C1COCCN1. The van der Waals surface area contributed by atoms with E-state index in [-0.39, 0.29) is 12.3 Å². The van der Waals surface area contributed by atoms with Crippen molar-refractivity contribution in [1.82, 2.24) is 10.8 Å². The van der Waals surface area contributed by atoms with Crippen LogP contribution in [0.3, 0.4) is 0 Å². The molecule has 3 atom stereocenters. The van der Waals surface area contributed by atoms with Crippen LogP contribution in [0.15, 0.2) is 24.3 Å². The molecule has 0 radical (unpaired) electrons. The number of ether oxygens (including phenoxy) is 1. The van der Waals surface area contributed by atoms with Crippen molar-refractivity contribution < 1.29 is 37.0 Å². The largest absolute Gasteiger partial charge is 0.391 e. The Bertz CT molecular complexity index is 990. The summed E-state index contributed by atoms with van der Waals surface area (Å²) in [6, 6.07) is 3.89. The van der Waals surface area contributed by atoms with Crippen molar-refractivity contribution in [2.75, 3.05) is 25.1 Å². The molecule has 0 saturated carbocycles. The van der Waals surface area contributed by atoms with Crippen molar-refractivity contribution in [2.24, 2.45) is 0 Å². The molecular weight excluding hydrogens is 549 g/mol. The lowest BCUT2D eigenvalue weighted by molar-refractivity contribution is -0.105. The van der Waals surface area contributed by atoms with E-state index in [0.717, 1.165) is 6.07 Å². The van der Waals surface area contributed by atoms with Crippen molar-refractivity contribution >= 4 is 39.9 Å². The molecule has 3 unspecified atom stereocenters. The van der Waals surface area contributed by atoms with E-state index in [2.05, 4.69) is 10.6 Å². The Morgan fingerprint density at radius 3 is 2.62 bits per heavy atom. The first-order chi connectivity index (χ1) is 15.2. The minimum atomic E-state index is -1.83. The number of aliphatic hydroxyl groups is 1. The Hall–Kier alpha value is -2.00. The fraction of sp³-hybridized carbons (Fsp3) is 0.350. The quantitative estimate of drug-likeness (QED) is 0.178. The summed E-state index contributed by atoms with van der Waals surface area (Å²) in [6.07, 6.45) is -2.01. The average Bonchev–Trinajstić information content (AvgIpc) is 2.76. The number of anilines is 2. The lowest BCUT2D eigenvalue weighted by atomic mass is 10.1. The van der Waals surface area contributed by atoms with Crippen LogP contribution in [-0.4, -0.2) is 49.0 Å². The van der Waals surface area contributed by atoms with Gasteiger partial charge in [0.15, 0.2) is 17.5 Å². The molecule has 1 aliphatic rings. The number of carbonyl (C=O) groups excluding carboxylic acids is 1. The fourth-order valence-electron chi connectivity index (χ4n) is 3.11. The molecule has 1 saturated heterocycles. The number of nitrogens with one attached hydrogen (secondary N) is 3. The molecule has 1 amide bonds. The lowest BCUT2D eigenvalue weighted by Crippen LogP contribution is -2.55. The zero-order valence-electron chi connectivity index (χ0n) is 16.7. The van der Waals surface area contributed by atoms with E-state index in [9.17, 15) is 27.5 Å². The monoisotopic (exact) mass is 569 g/mol. The Balaban J connectivity index is 1.86.